The third-order valence-electron chi connectivity index (χ3n) is 5.85. The summed E-state index contributed by atoms with van der Waals surface area (Å²) < 4.78 is 9.82. The number of carbonyl (C=O) groups is 2. The van der Waals surface area contributed by atoms with Gasteiger partial charge in [0.15, 0.2) is 5.16 Å². The number of aromatic nitrogens is 4. The van der Waals surface area contributed by atoms with Crippen molar-refractivity contribution >= 4 is 35.1 Å². The summed E-state index contributed by atoms with van der Waals surface area (Å²) in [5.74, 6) is 0.634. The molecule has 5 rings (SSSR count). The molecule has 1 aromatic carbocycles. The number of carbonyl (C=O) groups excluding carboxylic acids is 2. The van der Waals surface area contributed by atoms with Gasteiger partial charge in [-0.1, -0.05) is 29.1 Å². The van der Waals surface area contributed by atoms with Crippen LogP contribution >= 0.6 is 11.8 Å². The van der Waals surface area contributed by atoms with Crippen molar-refractivity contribution in [1.82, 2.24) is 20.1 Å². The van der Waals surface area contributed by atoms with E-state index in [0.29, 0.717) is 34.5 Å². The number of hydrogen-bond donors (Lipinski definition) is 0. The molecule has 0 aliphatic carbocycles. The molecule has 2 aliphatic rings. The first-order chi connectivity index (χ1) is 16.1. The Labute approximate surface area is 194 Å². The average molecular weight is 467 g/mol. The Kier molecular flexibility index (Phi) is 5.71. The minimum absolute atomic E-state index is 0.0971. The van der Waals surface area contributed by atoms with Crippen LogP contribution in [0.3, 0.4) is 0 Å². The molecular weight excluding hydrogens is 444 g/mol. The Balaban J connectivity index is 1.49. The van der Waals surface area contributed by atoms with Crippen molar-refractivity contribution < 1.29 is 18.8 Å². The second kappa shape index (κ2) is 8.81. The highest BCUT2D eigenvalue weighted by atomic mass is 32.2. The molecule has 11 heteroatoms. The molecule has 0 spiro atoms. The van der Waals surface area contributed by atoms with Crippen molar-refractivity contribution in [1.29, 1.82) is 0 Å². The quantitative estimate of drug-likeness (QED) is 0.316. The molecule has 3 aromatic rings. The molecule has 2 aliphatic heterocycles. The van der Waals surface area contributed by atoms with Crippen molar-refractivity contribution in [2.45, 2.75) is 30.5 Å². The Morgan fingerprint density at radius 1 is 1.33 bits per heavy atom. The van der Waals surface area contributed by atoms with E-state index in [1.165, 1.54) is 18.9 Å². The number of anilines is 2. The maximum atomic E-state index is 13.6. The van der Waals surface area contributed by atoms with Crippen molar-refractivity contribution in [3.63, 3.8) is 0 Å². The minimum Gasteiger partial charge on any atom is -0.469 e. The molecule has 0 radical (unpaired) electrons. The van der Waals surface area contributed by atoms with E-state index in [4.69, 9.17) is 4.52 Å². The van der Waals surface area contributed by atoms with E-state index in [1.54, 1.807) is 11.1 Å². The fourth-order valence-electron chi connectivity index (χ4n) is 4.24. The standard InChI is InChI=1S/C22H22N6O4S/c1-31-18(29)10-17-24-19(26-32-17)13-5-3-6-14(9-13)28-12-15-7-4-8-27(15)20-16(21(28)30)11-23-22(25-20)33-2/h3,5-6,9,11,15H,4,7-8,10,12H2,1-2H3/t15-/m0/s1. The molecule has 0 unspecified atom stereocenters. The zero-order chi connectivity index (χ0) is 22.9. The van der Waals surface area contributed by atoms with Gasteiger partial charge in [-0.25, -0.2) is 9.97 Å². The SMILES string of the molecule is COC(=O)Cc1nc(-c2cccc(N3C[C@@H]4CCCN4c4nc(SC)ncc4C3=O)c2)no1. The normalized spacial score (nSPS) is 17.5. The number of rotatable bonds is 5. The summed E-state index contributed by atoms with van der Waals surface area (Å²) >= 11 is 1.46. The molecule has 1 atom stereocenters. The fraction of sp³-hybridized carbons (Fsp3) is 0.364. The van der Waals surface area contributed by atoms with E-state index < -0.39 is 5.97 Å². The highest BCUT2D eigenvalue weighted by molar-refractivity contribution is 7.98. The summed E-state index contributed by atoms with van der Waals surface area (Å²) in [6.07, 6.45) is 5.50. The Bertz CT molecular complexity index is 1220. The monoisotopic (exact) mass is 466 g/mol. The number of ether oxygens (including phenoxy) is 1. The number of amides is 1. The van der Waals surface area contributed by atoms with Crippen molar-refractivity contribution in [2.24, 2.45) is 0 Å². The minimum atomic E-state index is -0.458. The lowest BCUT2D eigenvalue weighted by atomic mass is 10.1. The van der Waals surface area contributed by atoms with Crippen LogP contribution in [0.4, 0.5) is 11.5 Å². The van der Waals surface area contributed by atoms with Gasteiger partial charge in [0.2, 0.25) is 11.7 Å². The smallest absolute Gasteiger partial charge is 0.315 e. The predicted octanol–water partition coefficient (Wildman–Crippen LogP) is 2.59. The first-order valence-corrected chi connectivity index (χ1v) is 11.8. The highest BCUT2D eigenvalue weighted by Crippen LogP contribution is 2.35. The lowest BCUT2D eigenvalue weighted by molar-refractivity contribution is -0.140. The van der Waals surface area contributed by atoms with Gasteiger partial charge >= 0.3 is 5.97 Å². The van der Waals surface area contributed by atoms with E-state index in [1.807, 2.05) is 30.5 Å². The molecule has 10 nitrogen and oxygen atoms in total. The van der Waals surface area contributed by atoms with Crippen LogP contribution in [0, 0.1) is 0 Å². The summed E-state index contributed by atoms with van der Waals surface area (Å²) in [5, 5.41) is 4.63. The van der Waals surface area contributed by atoms with Gasteiger partial charge in [-0.2, -0.15) is 4.98 Å². The zero-order valence-corrected chi connectivity index (χ0v) is 19.0. The maximum Gasteiger partial charge on any atom is 0.315 e. The second-order valence-electron chi connectivity index (χ2n) is 7.81. The van der Waals surface area contributed by atoms with Crippen LogP contribution in [-0.4, -0.2) is 64.5 Å². The van der Waals surface area contributed by atoms with Crippen molar-refractivity contribution in [3.05, 3.63) is 41.9 Å². The van der Waals surface area contributed by atoms with Gasteiger partial charge in [0, 0.05) is 36.6 Å². The Morgan fingerprint density at radius 3 is 3.03 bits per heavy atom. The van der Waals surface area contributed by atoms with Crippen LogP contribution in [-0.2, 0) is 16.0 Å². The highest BCUT2D eigenvalue weighted by Gasteiger charge is 2.37. The molecule has 170 valence electrons. The Morgan fingerprint density at radius 2 is 2.21 bits per heavy atom. The number of fused-ring (bicyclic) bond motifs is 3. The lowest BCUT2D eigenvalue weighted by Gasteiger charge is -2.27. The van der Waals surface area contributed by atoms with Gasteiger partial charge in [-0.15, -0.1) is 0 Å². The molecule has 0 bridgehead atoms. The fourth-order valence-corrected chi connectivity index (χ4v) is 4.58. The molecule has 1 saturated heterocycles. The molecular formula is C22H22N6O4S. The lowest BCUT2D eigenvalue weighted by Crippen LogP contribution is -2.39. The number of thioether (sulfide) groups is 1. The van der Waals surface area contributed by atoms with Crippen molar-refractivity contribution in [2.75, 3.05) is 36.3 Å². The summed E-state index contributed by atoms with van der Waals surface area (Å²) in [5.41, 5.74) is 1.91. The zero-order valence-electron chi connectivity index (χ0n) is 18.2. The number of hydrogen-bond acceptors (Lipinski definition) is 10. The van der Waals surface area contributed by atoms with Gasteiger partial charge in [0.05, 0.1) is 7.11 Å². The third-order valence-corrected chi connectivity index (χ3v) is 6.42. The molecule has 0 saturated carbocycles. The van der Waals surface area contributed by atoms with Crippen LogP contribution < -0.4 is 9.80 Å². The van der Waals surface area contributed by atoms with E-state index in [9.17, 15) is 9.59 Å². The maximum absolute atomic E-state index is 13.6. The van der Waals surface area contributed by atoms with Gasteiger partial charge < -0.3 is 19.1 Å². The number of nitrogens with zero attached hydrogens (tertiary/aromatic N) is 6. The number of benzene rings is 1. The van der Waals surface area contributed by atoms with Gasteiger partial charge in [0.1, 0.15) is 17.8 Å². The Hall–Kier alpha value is -3.47. The first-order valence-electron chi connectivity index (χ1n) is 10.6. The summed E-state index contributed by atoms with van der Waals surface area (Å²) in [6, 6.07) is 7.60. The van der Waals surface area contributed by atoms with Crippen LogP contribution in [0.2, 0.25) is 0 Å². The number of esters is 1. The topological polar surface area (TPSA) is 115 Å². The summed E-state index contributed by atoms with van der Waals surface area (Å²) in [4.78, 5) is 42.4. The predicted molar refractivity (Wildman–Crippen MR) is 121 cm³/mol. The van der Waals surface area contributed by atoms with Gasteiger partial charge in [-0.3, -0.25) is 9.59 Å². The molecule has 1 fully saturated rings. The van der Waals surface area contributed by atoms with E-state index in [0.717, 1.165) is 25.1 Å². The molecule has 1 amide bonds. The van der Waals surface area contributed by atoms with Crippen LogP contribution in [0.5, 0.6) is 0 Å². The van der Waals surface area contributed by atoms with Gasteiger partial charge in [-0.05, 0) is 31.2 Å². The number of methoxy groups -OCH3 is 1. The van der Waals surface area contributed by atoms with E-state index >= 15 is 0 Å². The third kappa shape index (κ3) is 4.04. The molecule has 2 aromatic heterocycles. The van der Waals surface area contributed by atoms with E-state index in [-0.39, 0.29) is 24.3 Å². The van der Waals surface area contributed by atoms with Crippen LogP contribution in [0.25, 0.3) is 11.4 Å². The largest absolute Gasteiger partial charge is 0.469 e. The molecule has 4 heterocycles. The van der Waals surface area contributed by atoms with Crippen LogP contribution in [0.1, 0.15) is 29.1 Å². The van der Waals surface area contributed by atoms with E-state index in [2.05, 4.69) is 29.7 Å². The first kappa shape index (κ1) is 21.4. The van der Waals surface area contributed by atoms with Gasteiger partial charge in [0.25, 0.3) is 5.91 Å². The second-order valence-corrected chi connectivity index (χ2v) is 8.59. The molecule has 33 heavy (non-hydrogen) atoms. The molecule has 0 N–H and O–H groups in total. The summed E-state index contributed by atoms with van der Waals surface area (Å²) in [6.45, 7) is 1.42. The van der Waals surface area contributed by atoms with Crippen LogP contribution in [0.15, 0.2) is 40.1 Å². The average Bonchev–Trinajstić information content (AvgIpc) is 3.49. The van der Waals surface area contributed by atoms with Crippen molar-refractivity contribution in [3.8, 4) is 11.4 Å². The summed E-state index contributed by atoms with van der Waals surface area (Å²) in [7, 11) is 1.30.